The zero-order valence-corrected chi connectivity index (χ0v) is 16.3. The molecule has 0 radical (unpaired) electrons. The van der Waals surface area contributed by atoms with E-state index in [0.717, 1.165) is 11.1 Å². The van der Waals surface area contributed by atoms with E-state index in [1.165, 1.54) is 38.3 Å². The second-order valence-electron chi connectivity index (χ2n) is 6.02. The number of carbonyl (C=O) groups excluding carboxylic acids is 2. The van der Waals surface area contributed by atoms with Gasteiger partial charge in [0, 0.05) is 0 Å². The van der Waals surface area contributed by atoms with E-state index in [1.54, 1.807) is 19.1 Å². The predicted octanol–water partition coefficient (Wildman–Crippen LogP) is 2.82. The van der Waals surface area contributed by atoms with Crippen LogP contribution in [0.15, 0.2) is 47.4 Å². The van der Waals surface area contributed by atoms with Crippen LogP contribution in [0.5, 0.6) is 0 Å². The van der Waals surface area contributed by atoms with E-state index in [1.807, 2.05) is 13.0 Å². The van der Waals surface area contributed by atoms with E-state index in [0.29, 0.717) is 5.69 Å². The molecule has 0 aliphatic heterocycles. The molecule has 0 fully saturated rings. The summed E-state index contributed by atoms with van der Waals surface area (Å²) < 4.78 is 37.3. The molecule has 0 amide bonds. The van der Waals surface area contributed by atoms with Gasteiger partial charge in [0.15, 0.2) is 6.10 Å². The summed E-state index contributed by atoms with van der Waals surface area (Å²) in [5.41, 5.74) is 2.25. The van der Waals surface area contributed by atoms with Gasteiger partial charge in [0.1, 0.15) is 0 Å². The first-order chi connectivity index (χ1) is 12.6. The predicted molar refractivity (Wildman–Crippen MR) is 100 cm³/mol. The SMILES string of the molecule is COC(=O)[C@@H](C)OC(=O)c1cccc(S(=O)(=O)Nc2ccc(C)cc2C)c1. The Morgan fingerprint density at radius 2 is 1.78 bits per heavy atom. The second kappa shape index (κ2) is 8.22. The Balaban J connectivity index is 2.25. The molecule has 2 aromatic carbocycles. The van der Waals surface area contributed by atoms with Gasteiger partial charge < -0.3 is 9.47 Å². The number of benzene rings is 2. The van der Waals surface area contributed by atoms with Crippen LogP contribution >= 0.6 is 0 Å². The maximum atomic E-state index is 12.7. The lowest BCUT2D eigenvalue weighted by Crippen LogP contribution is -2.25. The van der Waals surface area contributed by atoms with E-state index in [4.69, 9.17) is 4.74 Å². The van der Waals surface area contributed by atoms with Crippen LogP contribution in [0.25, 0.3) is 0 Å². The smallest absolute Gasteiger partial charge is 0.346 e. The number of nitrogens with one attached hydrogen (secondary N) is 1. The normalized spacial score (nSPS) is 12.1. The Morgan fingerprint density at radius 3 is 2.41 bits per heavy atom. The lowest BCUT2D eigenvalue weighted by atomic mass is 10.1. The summed E-state index contributed by atoms with van der Waals surface area (Å²) >= 11 is 0. The van der Waals surface area contributed by atoms with Gasteiger partial charge in [-0.1, -0.05) is 23.8 Å². The molecule has 1 N–H and O–H groups in total. The number of methoxy groups -OCH3 is 1. The topological polar surface area (TPSA) is 98.8 Å². The first-order valence-corrected chi connectivity index (χ1v) is 9.61. The summed E-state index contributed by atoms with van der Waals surface area (Å²) in [7, 11) is -2.72. The van der Waals surface area contributed by atoms with Crippen molar-refractivity contribution in [1.82, 2.24) is 0 Å². The van der Waals surface area contributed by atoms with E-state index < -0.39 is 28.1 Å². The van der Waals surface area contributed by atoms with E-state index >= 15 is 0 Å². The zero-order chi connectivity index (χ0) is 20.2. The van der Waals surface area contributed by atoms with Crippen LogP contribution in [-0.2, 0) is 24.3 Å². The van der Waals surface area contributed by atoms with Crippen LogP contribution in [0.3, 0.4) is 0 Å². The minimum absolute atomic E-state index is 0.00857. The maximum Gasteiger partial charge on any atom is 0.346 e. The Morgan fingerprint density at radius 1 is 1.07 bits per heavy atom. The molecule has 0 heterocycles. The summed E-state index contributed by atoms with van der Waals surface area (Å²) in [6, 6.07) is 10.7. The molecular weight excluding hydrogens is 370 g/mol. The highest BCUT2D eigenvalue weighted by atomic mass is 32.2. The quantitative estimate of drug-likeness (QED) is 0.760. The summed E-state index contributed by atoms with van der Waals surface area (Å²) in [6.45, 7) is 5.08. The zero-order valence-electron chi connectivity index (χ0n) is 15.5. The number of carbonyl (C=O) groups is 2. The van der Waals surface area contributed by atoms with Crippen molar-refractivity contribution in [3.8, 4) is 0 Å². The van der Waals surface area contributed by atoms with Gasteiger partial charge in [-0.25, -0.2) is 18.0 Å². The first-order valence-electron chi connectivity index (χ1n) is 8.13. The molecule has 0 unspecified atom stereocenters. The highest BCUT2D eigenvalue weighted by Crippen LogP contribution is 2.21. The van der Waals surface area contributed by atoms with Crippen molar-refractivity contribution < 1.29 is 27.5 Å². The highest BCUT2D eigenvalue weighted by molar-refractivity contribution is 7.92. The van der Waals surface area contributed by atoms with Gasteiger partial charge in [-0.2, -0.15) is 0 Å². The number of hydrogen-bond donors (Lipinski definition) is 1. The van der Waals surface area contributed by atoms with Gasteiger partial charge in [-0.3, -0.25) is 4.72 Å². The summed E-state index contributed by atoms with van der Waals surface area (Å²) in [5, 5.41) is 0. The number of anilines is 1. The molecule has 27 heavy (non-hydrogen) atoms. The van der Waals surface area contributed by atoms with Gasteiger partial charge >= 0.3 is 11.9 Å². The molecule has 8 heteroatoms. The van der Waals surface area contributed by atoms with Crippen LogP contribution in [0.1, 0.15) is 28.4 Å². The van der Waals surface area contributed by atoms with Crippen molar-refractivity contribution in [2.24, 2.45) is 0 Å². The fraction of sp³-hybridized carbons (Fsp3) is 0.263. The Labute approximate surface area is 158 Å². The van der Waals surface area contributed by atoms with Crippen molar-refractivity contribution >= 4 is 27.6 Å². The standard InChI is InChI=1S/C19H21NO6S/c1-12-8-9-17(13(2)10-12)20-27(23,24)16-7-5-6-15(11-16)19(22)26-14(3)18(21)25-4/h5-11,14,20H,1-4H3/t14-/m1/s1. The third-order valence-corrected chi connectivity index (χ3v) is 5.19. The third-order valence-electron chi connectivity index (χ3n) is 3.82. The van der Waals surface area contributed by atoms with Gasteiger partial charge in [0.2, 0.25) is 0 Å². The van der Waals surface area contributed by atoms with Gasteiger partial charge in [-0.05, 0) is 50.6 Å². The van der Waals surface area contributed by atoms with Crippen LogP contribution < -0.4 is 4.72 Å². The number of ether oxygens (including phenoxy) is 2. The molecule has 2 aromatic rings. The van der Waals surface area contributed by atoms with E-state index in [-0.39, 0.29) is 10.5 Å². The number of hydrogen-bond acceptors (Lipinski definition) is 6. The average molecular weight is 391 g/mol. The molecule has 144 valence electrons. The molecular formula is C19H21NO6S. The van der Waals surface area contributed by atoms with Crippen LogP contribution in [0, 0.1) is 13.8 Å². The molecule has 1 atom stereocenters. The number of sulfonamides is 1. The van der Waals surface area contributed by atoms with E-state index in [9.17, 15) is 18.0 Å². The van der Waals surface area contributed by atoms with Crippen molar-refractivity contribution in [3.63, 3.8) is 0 Å². The fourth-order valence-electron chi connectivity index (χ4n) is 2.36. The highest BCUT2D eigenvalue weighted by Gasteiger charge is 2.21. The Bertz CT molecular complexity index is 968. The maximum absolute atomic E-state index is 12.7. The van der Waals surface area contributed by atoms with Crippen molar-refractivity contribution in [2.45, 2.75) is 31.8 Å². The molecule has 0 aliphatic carbocycles. The molecule has 2 rings (SSSR count). The average Bonchev–Trinajstić information content (AvgIpc) is 2.63. The lowest BCUT2D eigenvalue weighted by molar-refractivity contribution is -0.149. The van der Waals surface area contributed by atoms with E-state index in [2.05, 4.69) is 9.46 Å². The van der Waals surface area contributed by atoms with Crippen LogP contribution in [0.2, 0.25) is 0 Å². The fourth-order valence-corrected chi connectivity index (χ4v) is 3.54. The molecule has 0 saturated heterocycles. The van der Waals surface area contributed by atoms with Crippen LogP contribution in [0.4, 0.5) is 5.69 Å². The third kappa shape index (κ3) is 5.07. The van der Waals surface area contributed by atoms with Crippen LogP contribution in [-0.4, -0.2) is 33.6 Å². The monoisotopic (exact) mass is 391 g/mol. The minimum atomic E-state index is -3.90. The molecule has 0 aliphatic rings. The minimum Gasteiger partial charge on any atom is -0.466 e. The Hall–Kier alpha value is -2.87. The van der Waals surface area contributed by atoms with Gasteiger partial charge in [0.05, 0.1) is 23.3 Å². The second-order valence-corrected chi connectivity index (χ2v) is 7.70. The molecule has 0 bridgehead atoms. The van der Waals surface area contributed by atoms with Crippen molar-refractivity contribution in [1.29, 1.82) is 0 Å². The number of aryl methyl sites for hydroxylation is 2. The molecule has 0 aromatic heterocycles. The summed E-state index contributed by atoms with van der Waals surface area (Å²) in [6.07, 6.45) is -1.10. The Kier molecular flexibility index (Phi) is 6.22. The van der Waals surface area contributed by atoms with Gasteiger partial charge in [0.25, 0.3) is 10.0 Å². The summed E-state index contributed by atoms with van der Waals surface area (Å²) in [5.74, 6) is -1.53. The van der Waals surface area contributed by atoms with Crippen molar-refractivity contribution in [3.05, 3.63) is 59.2 Å². The molecule has 0 saturated carbocycles. The molecule has 0 spiro atoms. The number of rotatable bonds is 6. The molecule has 7 nitrogen and oxygen atoms in total. The van der Waals surface area contributed by atoms with Gasteiger partial charge in [-0.15, -0.1) is 0 Å². The lowest BCUT2D eigenvalue weighted by Gasteiger charge is -2.13. The first kappa shape index (κ1) is 20.4. The van der Waals surface area contributed by atoms with Crippen molar-refractivity contribution in [2.75, 3.05) is 11.8 Å². The summed E-state index contributed by atoms with van der Waals surface area (Å²) in [4.78, 5) is 23.4. The number of esters is 2. The largest absolute Gasteiger partial charge is 0.466 e.